The first-order chi connectivity index (χ1) is 8.49. The maximum Gasteiger partial charge on any atom is 0.241 e. The van der Waals surface area contributed by atoms with Gasteiger partial charge in [-0.1, -0.05) is 6.07 Å². The second kappa shape index (κ2) is 6.98. The van der Waals surface area contributed by atoms with Crippen LogP contribution in [0.15, 0.2) is 24.3 Å². The Morgan fingerprint density at radius 3 is 2.83 bits per heavy atom. The van der Waals surface area contributed by atoms with Gasteiger partial charge in [-0.15, -0.1) is 0 Å². The summed E-state index contributed by atoms with van der Waals surface area (Å²) < 4.78 is 5.58. The summed E-state index contributed by atoms with van der Waals surface area (Å²) in [5, 5.41) is 2.73. The van der Waals surface area contributed by atoms with Crippen LogP contribution in [0.3, 0.4) is 0 Å². The maximum atomic E-state index is 11.4. The lowest BCUT2D eigenvalue weighted by molar-refractivity contribution is -0.117. The molecule has 0 fully saturated rings. The van der Waals surface area contributed by atoms with Crippen LogP contribution >= 0.6 is 0 Å². The lowest BCUT2D eigenvalue weighted by Crippen LogP contribution is -2.32. The van der Waals surface area contributed by atoms with E-state index in [1.54, 1.807) is 19.1 Å². The van der Waals surface area contributed by atoms with Crippen LogP contribution in [0.2, 0.25) is 0 Å². The van der Waals surface area contributed by atoms with E-state index in [9.17, 15) is 4.79 Å². The molecular formula is C13H21N3O2. The first kappa shape index (κ1) is 14.5. The van der Waals surface area contributed by atoms with Crippen molar-refractivity contribution in [1.29, 1.82) is 0 Å². The maximum absolute atomic E-state index is 11.4. The molecule has 3 N–H and O–H groups in total. The SMILES string of the molecule is C[C@@H](N)C(=O)Nc1cccc(OCCN(C)C)c1. The van der Waals surface area contributed by atoms with Crippen molar-refractivity contribution in [3.63, 3.8) is 0 Å². The first-order valence-electron chi connectivity index (χ1n) is 5.93. The predicted molar refractivity (Wildman–Crippen MR) is 72.8 cm³/mol. The summed E-state index contributed by atoms with van der Waals surface area (Å²) in [6.45, 7) is 3.10. The number of ether oxygens (including phenoxy) is 1. The molecule has 0 bridgehead atoms. The van der Waals surface area contributed by atoms with Gasteiger partial charge in [0, 0.05) is 18.3 Å². The van der Waals surface area contributed by atoms with Crippen molar-refractivity contribution in [3.8, 4) is 5.75 Å². The van der Waals surface area contributed by atoms with Gasteiger partial charge in [0.25, 0.3) is 0 Å². The fourth-order valence-electron chi connectivity index (χ4n) is 1.27. The van der Waals surface area contributed by atoms with E-state index in [1.807, 2.05) is 31.1 Å². The van der Waals surface area contributed by atoms with Gasteiger partial charge in [0.05, 0.1) is 6.04 Å². The highest BCUT2D eigenvalue weighted by Gasteiger charge is 2.07. The van der Waals surface area contributed by atoms with Crippen molar-refractivity contribution in [1.82, 2.24) is 4.90 Å². The molecule has 100 valence electrons. The molecule has 0 saturated heterocycles. The number of nitrogens with zero attached hydrogens (tertiary/aromatic N) is 1. The molecule has 0 radical (unpaired) electrons. The van der Waals surface area contributed by atoms with E-state index in [2.05, 4.69) is 5.32 Å². The lowest BCUT2D eigenvalue weighted by atomic mass is 10.2. The van der Waals surface area contributed by atoms with Crippen LogP contribution in [-0.4, -0.2) is 44.1 Å². The molecule has 5 nitrogen and oxygen atoms in total. The van der Waals surface area contributed by atoms with Gasteiger partial charge < -0.3 is 20.7 Å². The highest BCUT2D eigenvalue weighted by Crippen LogP contribution is 2.17. The molecule has 1 atom stereocenters. The van der Waals surface area contributed by atoms with Crippen LogP contribution in [-0.2, 0) is 4.79 Å². The van der Waals surface area contributed by atoms with Gasteiger partial charge in [-0.3, -0.25) is 4.79 Å². The number of anilines is 1. The normalized spacial score (nSPS) is 12.3. The van der Waals surface area contributed by atoms with Crippen molar-refractivity contribution in [2.24, 2.45) is 5.73 Å². The van der Waals surface area contributed by atoms with E-state index >= 15 is 0 Å². The molecule has 1 aromatic carbocycles. The van der Waals surface area contributed by atoms with Crippen LogP contribution in [0.25, 0.3) is 0 Å². The number of benzene rings is 1. The number of hydrogen-bond donors (Lipinski definition) is 2. The second-order valence-electron chi connectivity index (χ2n) is 4.46. The van der Waals surface area contributed by atoms with Gasteiger partial charge in [0.2, 0.25) is 5.91 Å². The zero-order valence-corrected chi connectivity index (χ0v) is 11.1. The molecular weight excluding hydrogens is 230 g/mol. The summed E-state index contributed by atoms with van der Waals surface area (Å²) in [7, 11) is 3.98. The fourth-order valence-corrected chi connectivity index (χ4v) is 1.27. The number of amides is 1. The highest BCUT2D eigenvalue weighted by molar-refractivity contribution is 5.94. The standard InChI is InChI=1S/C13H21N3O2/c1-10(14)13(17)15-11-5-4-6-12(9-11)18-8-7-16(2)3/h4-6,9-10H,7-8,14H2,1-3H3,(H,15,17)/t10-/m1/s1. The van der Waals surface area contributed by atoms with E-state index in [0.29, 0.717) is 12.3 Å². The Labute approximate surface area is 108 Å². The topological polar surface area (TPSA) is 67.6 Å². The van der Waals surface area contributed by atoms with Crippen molar-refractivity contribution in [2.75, 3.05) is 32.6 Å². The molecule has 1 rings (SSSR count). The number of hydrogen-bond acceptors (Lipinski definition) is 4. The summed E-state index contributed by atoms with van der Waals surface area (Å²) in [5.41, 5.74) is 6.18. The lowest BCUT2D eigenvalue weighted by Gasteiger charge is -2.12. The van der Waals surface area contributed by atoms with Gasteiger partial charge in [0.1, 0.15) is 12.4 Å². The Kier molecular flexibility index (Phi) is 5.61. The number of carbonyl (C=O) groups is 1. The molecule has 1 aromatic rings. The average molecular weight is 251 g/mol. The van der Waals surface area contributed by atoms with Crippen LogP contribution in [0, 0.1) is 0 Å². The van der Waals surface area contributed by atoms with Crippen molar-refractivity contribution < 1.29 is 9.53 Å². The molecule has 0 saturated carbocycles. The third-order valence-corrected chi connectivity index (χ3v) is 2.32. The van der Waals surface area contributed by atoms with E-state index in [-0.39, 0.29) is 5.91 Å². The van der Waals surface area contributed by atoms with Crippen LogP contribution in [0.1, 0.15) is 6.92 Å². The summed E-state index contributed by atoms with van der Waals surface area (Å²) in [6, 6.07) is 6.76. The molecule has 0 heterocycles. The number of carbonyl (C=O) groups excluding carboxylic acids is 1. The summed E-state index contributed by atoms with van der Waals surface area (Å²) in [4.78, 5) is 13.5. The number of rotatable bonds is 6. The highest BCUT2D eigenvalue weighted by atomic mass is 16.5. The van der Waals surface area contributed by atoms with Crippen molar-refractivity contribution in [2.45, 2.75) is 13.0 Å². The third kappa shape index (κ3) is 5.16. The molecule has 5 heteroatoms. The summed E-state index contributed by atoms with van der Waals surface area (Å²) in [6.07, 6.45) is 0. The molecule has 0 aliphatic heterocycles. The largest absolute Gasteiger partial charge is 0.492 e. The summed E-state index contributed by atoms with van der Waals surface area (Å²) in [5.74, 6) is 0.528. The van der Waals surface area contributed by atoms with E-state index < -0.39 is 6.04 Å². The molecule has 0 unspecified atom stereocenters. The minimum absolute atomic E-state index is 0.208. The predicted octanol–water partition coefficient (Wildman–Crippen LogP) is 0.913. The van der Waals surface area contributed by atoms with Gasteiger partial charge in [0.15, 0.2) is 0 Å². The molecule has 18 heavy (non-hydrogen) atoms. The minimum atomic E-state index is -0.525. The van der Waals surface area contributed by atoms with E-state index in [1.165, 1.54) is 0 Å². The Balaban J connectivity index is 2.54. The van der Waals surface area contributed by atoms with E-state index in [4.69, 9.17) is 10.5 Å². The summed E-state index contributed by atoms with van der Waals surface area (Å²) >= 11 is 0. The number of nitrogens with two attached hydrogens (primary N) is 1. The number of likely N-dealkylation sites (N-methyl/N-ethyl adjacent to an activating group) is 1. The average Bonchev–Trinajstić information content (AvgIpc) is 2.28. The zero-order chi connectivity index (χ0) is 13.5. The first-order valence-corrected chi connectivity index (χ1v) is 5.93. The van der Waals surface area contributed by atoms with Gasteiger partial charge in [-0.25, -0.2) is 0 Å². The van der Waals surface area contributed by atoms with Crippen molar-refractivity contribution in [3.05, 3.63) is 24.3 Å². The zero-order valence-electron chi connectivity index (χ0n) is 11.1. The second-order valence-corrected chi connectivity index (χ2v) is 4.46. The molecule has 0 aliphatic rings. The Morgan fingerprint density at radius 2 is 2.22 bits per heavy atom. The Morgan fingerprint density at radius 1 is 1.50 bits per heavy atom. The molecule has 0 spiro atoms. The monoisotopic (exact) mass is 251 g/mol. The molecule has 0 aliphatic carbocycles. The smallest absolute Gasteiger partial charge is 0.241 e. The van der Waals surface area contributed by atoms with Crippen LogP contribution in [0.4, 0.5) is 5.69 Å². The van der Waals surface area contributed by atoms with Crippen LogP contribution < -0.4 is 15.8 Å². The van der Waals surface area contributed by atoms with Crippen molar-refractivity contribution >= 4 is 11.6 Å². The van der Waals surface area contributed by atoms with Gasteiger partial charge in [-0.2, -0.15) is 0 Å². The van der Waals surface area contributed by atoms with E-state index in [0.717, 1.165) is 12.3 Å². The third-order valence-electron chi connectivity index (χ3n) is 2.32. The number of nitrogens with one attached hydrogen (secondary N) is 1. The van der Waals surface area contributed by atoms with Crippen LogP contribution in [0.5, 0.6) is 5.75 Å². The molecule has 0 aromatic heterocycles. The quantitative estimate of drug-likeness (QED) is 0.788. The Hall–Kier alpha value is -1.59. The Bertz CT molecular complexity index is 392. The molecule has 1 amide bonds. The van der Waals surface area contributed by atoms with Gasteiger partial charge in [-0.05, 0) is 33.2 Å². The minimum Gasteiger partial charge on any atom is -0.492 e. The van der Waals surface area contributed by atoms with Gasteiger partial charge >= 0.3 is 0 Å². The fraction of sp³-hybridized carbons (Fsp3) is 0.462.